The number of nitrogens with one attached hydrogen (secondary N) is 1. The van der Waals surface area contributed by atoms with Gasteiger partial charge in [-0.25, -0.2) is 0 Å². The maximum atomic E-state index is 5.45. The van der Waals surface area contributed by atoms with E-state index in [0.29, 0.717) is 6.10 Å². The second-order valence-corrected chi connectivity index (χ2v) is 5.14. The normalized spacial score (nSPS) is 35.8. The highest BCUT2D eigenvalue weighted by molar-refractivity contribution is 4.87. The fourth-order valence-corrected chi connectivity index (χ4v) is 3.35. The van der Waals surface area contributed by atoms with Crippen molar-refractivity contribution in [3.63, 3.8) is 0 Å². The predicted octanol–water partition coefficient (Wildman–Crippen LogP) is 1.63. The van der Waals surface area contributed by atoms with E-state index in [9.17, 15) is 0 Å². The molecule has 2 rings (SSSR count). The van der Waals surface area contributed by atoms with Gasteiger partial charge in [0.25, 0.3) is 0 Å². The van der Waals surface area contributed by atoms with Crippen molar-refractivity contribution in [2.24, 2.45) is 0 Å². The zero-order valence-electron chi connectivity index (χ0n) is 10.7. The molecule has 1 unspecified atom stereocenters. The number of rotatable bonds is 4. The van der Waals surface area contributed by atoms with Gasteiger partial charge in [-0.1, -0.05) is 6.92 Å². The Kier molecular flexibility index (Phi) is 4.62. The molecule has 0 amide bonds. The molecule has 1 aliphatic heterocycles. The number of likely N-dealkylation sites (N-methyl/N-ethyl adjacent to an activating group) is 1. The average molecular weight is 226 g/mol. The first kappa shape index (κ1) is 12.3. The van der Waals surface area contributed by atoms with Crippen LogP contribution in [0.3, 0.4) is 0 Å². The highest BCUT2D eigenvalue weighted by atomic mass is 16.5. The highest BCUT2D eigenvalue weighted by Gasteiger charge is 2.30. The quantitative estimate of drug-likeness (QED) is 0.788. The minimum atomic E-state index is 0.525. The molecule has 3 nitrogen and oxygen atoms in total. The second kappa shape index (κ2) is 5.99. The van der Waals surface area contributed by atoms with Crippen LogP contribution >= 0.6 is 0 Å². The second-order valence-electron chi connectivity index (χ2n) is 5.14. The summed E-state index contributed by atoms with van der Waals surface area (Å²) in [5, 5.41) is 3.48. The molecule has 0 aromatic heterocycles. The maximum Gasteiger partial charge on any atom is 0.0572 e. The smallest absolute Gasteiger partial charge is 0.0572 e. The number of hydrogen-bond donors (Lipinski definition) is 1. The summed E-state index contributed by atoms with van der Waals surface area (Å²) in [5.74, 6) is 0. The maximum absolute atomic E-state index is 5.45. The van der Waals surface area contributed by atoms with Crippen LogP contribution in [0.15, 0.2) is 0 Å². The van der Waals surface area contributed by atoms with E-state index in [0.717, 1.165) is 12.1 Å². The fraction of sp³-hybridized carbons (Fsp3) is 1.00. The van der Waals surface area contributed by atoms with E-state index in [1.807, 2.05) is 7.11 Å². The van der Waals surface area contributed by atoms with E-state index in [2.05, 4.69) is 17.1 Å². The molecule has 16 heavy (non-hydrogen) atoms. The number of ether oxygens (including phenoxy) is 1. The molecule has 94 valence electrons. The van der Waals surface area contributed by atoms with Crippen LogP contribution in [0.1, 0.15) is 39.0 Å². The van der Waals surface area contributed by atoms with Crippen LogP contribution < -0.4 is 5.32 Å². The first-order valence-electron chi connectivity index (χ1n) is 6.84. The lowest BCUT2D eigenvalue weighted by atomic mass is 9.91. The third-order valence-electron chi connectivity index (χ3n) is 4.31. The average Bonchev–Trinajstić information content (AvgIpc) is 2.85. The predicted molar refractivity (Wildman–Crippen MR) is 66.7 cm³/mol. The van der Waals surface area contributed by atoms with Crippen LogP contribution in [0, 0.1) is 0 Å². The summed E-state index contributed by atoms with van der Waals surface area (Å²) in [4.78, 5) is 2.73. The number of methoxy groups -OCH3 is 1. The van der Waals surface area contributed by atoms with Crippen molar-refractivity contribution in [2.75, 3.05) is 26.7 Å². The Morgan fingerprint density at radius 2 is 1.88 bits per heavy atom. The summed E-state index contributed by atoms with van der Waals surface area (Å²) in [6, 6.07) is 1.59. The molecule has 0 aromatic carbocycles. The Morgan fingerprint density at radius 3 is 2.38 bits per heavy atom. The van der Waals surface area contributed by atoms with E-state index >= 15 is 0 Å². The summed E-state index contributed by atoms with van der Waals surface area (Å²) < 4.78 is 5.45. The zero-order valence-corrected chi connectivity index (χ0v) is 10.7. The van der Waals surface area contributed by atoms with E-state index in [1.54, 1.807) is 0 Å². The molecule has 0 radical (unpaired) electrons. The Hall–Kier alpha value is -0.120. The van der Waals surface area contributed by atoms with Gasteiger partial charge in [-0.3, -0.25) is 4.90 Å². The van der Waals surface area contributed by atoms with Gasteiger partial charge in [-0.2, -0.15) is 0 Å². The molecule has 0 spiro atoms. The van der Waals surface area contributed by atoms with Gasteiger partial charge >= 0.3 is 0 Å². The monoisotopic (exact) mass is 226 g/mol. The molecule has 1 saturated carbocycles. The Labute approximate surface area is 99.5 Å². The third-order valence-corrected chi connectivity index (χ3v) is 4.31. The molecule has 2 aliphatic rings. The molecule has 0 bridgehead atoms. The van der Waals surface area contributed by atoms with E-state index in [-0.39, 0.29) is 0 Å². The minimum Gasteiger partial charge on any atom is -0.381 e. The molecule has 1 aliphatic carbocycles. The van der Waals surface area contributed by atoms with Crippen molar-refractivity contribution in [2.45, 2.75) is 57.2 Å². The van der Waals surface area contributed by atoms with Gasteiger partial charge in [0.05, 0.1) is 6.10 Å². The lowest BCUT2D eigenvalue weighted by Crippen LogP contribution is -2.46. The molecular formula is C13H26N2O. The van der Waals surface area contributed by atoms with E-state index < -0.39 is 0 Å². The van der Waals surface area contributed by atoms with E-state index in [1.165, 1.54) is 51.7 Å². The first-order chi connectivity index (χ1) is 7.85. The van der Waals surface area contributed by atoms with Crippen LogP contribution in [0.5, 0.6) is 0 Å². The highest BCUT2D eigenvalue weighted by Crippen LogP contribution is 2.27. The summed E-state index contributed by atoms with van der Waals surface area (Å²) in [5.41, 5.74) is 0. The van der Waals surface area contributed by atoms with Gasteiger partial charge in [0, 0.05) is 25.7 Å². The standard InChI is InChI=1S/C13H26N2O/c1-3-15(12-8-9-14-10-12)11-4-6-13(16-2)7-5-11/h11-14H,3-10H2,1-2H3. The van der Waals surface area contributed by atoms with Crippen molar-refractivity contribution in [1.29, 1.82) is 0 Å². The fourth-order valence-electron chi connectivity index (χ4n) is 3.35. The molecule has 1 saturated heterocycles. The summed E-state index contributed by atoms with van der Waals surface area (Å²) in [7, 11) is 1.85. The van der Waals surface area contributed by atoms with Gasteiger partial charge in [-0.15, -0.1) is 0 Å². The van der Waals surface area contributed by atoms with Crippen LogP contribution in [-0.2, 0) is 4.74 Å². The molecule has 0 aromatic rings. The first-order valence-corrected chi connectivity index (χ1v) is 6.84. The largest absolute Gasteiger partial charge is 0.381 e. The summed E-state index contributed by atoms with van der Waals surface area (Å²) in [6.45, 7) is 5.90. The minimum absolute atomic E-state index is 0.525. The number of nitrogens with zero attached hydrogens (tertiary/aromatic N) is 1. The molecular weight excluding hydrogens is 200 g/mol. The molecule has 3 heteroatoms. The SMILES string of the molecule is CCN(C1CCC(OC)CC1)C1CCNC1. The van der Waals surface area contributed by atoms with Gasteiger partial charge in [0.2, 0.25) is 0 Å². The van der Waals surface area contributed by atoms with Crippen molar-refractivity contribution < 1.29 is 4.74 Å². The van der Waals surface area contributed by atoms with Crippen molar-refractivity contribution >= 4 is 0 Å². The van der Waals surface area contributed by atoms with Crippen molar-refractivity contribution in [3.05, 3.63) is 0 Å². The van der Waals surface area contributed by atoms with Crippen LogP contribution in [0.25, 0.3) is 0 Å². The molecule has 1 N–H and O–H groups in total. The van der Waals surface area contributed by atoms with Gasteiger partial charge in [0.15, 0.2) is 0 Å². The topological polar surface area (TPSA) is 24.5 Å². The van der Waals surface area contributed by atoms with Crippen molar-refractivity contribution in [3.8, 4) is 0 Å². The van der Waals surface area contributed by atoms with E-state index in [4.69, 9.17) is 4.74 Å². The van der Waals surface area contributed by atoms with Crippen LogP contribution in [-0.4, -0.2) is 49.8 Å². The summed E-state index contributed by atoms with van der Waals surface area (Å²) in [6.07, 6.45) is 7.00. The number of hydrogen-bond acceptors (Lipinski definition) is 3. The Balaban J connectivity index is 1.85. The van der Waals surface area contributed by atoms with Gasteiger partial charge in [-0.05, 0) is 45.2 Å². The zero-order chi connectivity index (χ0) is 11.4. The molecule has 1 atom stereocenters. The third kappa shape index (κ3) is 2.76. The van der Waals surface area contributed by atoms with Gasteiger partial charge < -0.3 is 10.1 Å². The van der Waals surface area contributed by atoms with Crippen LogP contribution in [0.4, 0.5) is 0 Å². The van der Waals surface area contributed by atoms with Crippen molar-refractivity contribution in [1.82, 2.24) is 10.2 Å². The Bertz CT molecular complexity index is 196. The Morgan fingerprint density at radius 1 is 1.12 bits per heavy atom. The summed E-state index contributed by atoms with van der Waals surface area (Å²) >= 11 is 0. The lowest BCUT2D eigenvalue weighted by molar-refractivity contribution is 0.0299. The molecule has 1 heterocycles. The van der Waals surface area contributed by atoms with Crippen LogP contribution in [0.2, 0.25) is 0 Å². The van der Waals surface area contributed by atoms with Gasteiger partial charge in [0.1, 0.15) is 0 Å². The molecule has 2 fully saturated rings. The lowest BCUT2D eigenvalue weighted by Gasteiger charge is -2.39.